The van der Waals surface area contributed by atoms with Crippen LogP contribution in [0.5, 0.6) is 0 Å². The van der Waals surface area contributed by atoms with Gasteiger partial charge < -0.3 is 14.9 Å². The molecule has 1 aliphatic heterocycles. The molecule has 1 fully saturated rings. The largest absolute Gasteiger partial charge is 0.480 e. The molecule has 5 heteroatoms. The highest BCUT2D eigenvalue weighted by atomic mass is 16.4. The van der Waals surface area contributed by atoms with Crippen LogP contribution in [0.2, 0.25) is 0 Å². The van der Waals surface area contributed by atoms with Gasteiger partial charge in [0.2, 0.25) is 0 Å². The first-order valence-electron chi connectivity index (χ1n) is 7.06. The summed E-state index contributed by atoms with van der Waals surface area (Å²) in [4.78, 5) is 26.6. The normalized spacial score (nSPS) is 17.4. The monoisotopic (exact) mass is 270 g/mol. The number of urea groups is 1. The van der Waals surface area contributed by atoms with Gasteiger partial charge in [-0.2, -0.15) is 0 Å². The number of aliphatic carboxylic acids is 1. The molecule has 110 valence electrons. The number of likely N-dealkylation sites (tertiary alicyclic amines) is 1. The molecule has 1 aliphatic rings. The summed E-state index contributed by atoms with van der Waals surface area (Å²) < 4.78 is 0. The molecule has 1 N–H and O–H groups in total. The van der Waals surface area contributed by atoms with Gasteiger partial charge in [-0.05, 0) is 32.6 Å². The molecule has 0 aromatic carbocycles. The zero-order chi connectivity index (χ0) is 14.6. The van der Waals surface area contributed by atoms with Crippen LogP contribution in [-0.4, -0.2) is 52.6 Å². The first kappa shape index (κ1) is 15.8. The van der Waals surface area contributed by atoms with Crippen LogP contribution in [0, 0.1) is 5.92 Å². The third-order valence-corrected chi connectivity index (χ3v) is 4.23. The van der Waals surface area contributed by atoms with Gasteiger partial charge in [0.25, 0.3) is 0 Å². The number of amides is 2. The number of likely N-dealkylation sites (N-methyl/N-ethyl adjacent to an activating group) is 1. The van der Waals surface area contributed by atoms with Crippen molar-refractivity contribution in [3.8, 4) is 0 Å². The van der Waals surface area contributed by atoms with E-state index in [0.29, 0.717) is 5.92 Å². The van der Waals surface area contributed by atoms with Crippen LogP contribution in [0.4, 0.5) is 4.79 Å². The molecule has 0 radical (unpaired) electrons. The van der Waals surface area contributed by atoms with Gasteiger partial charge >= 0.3 is 12.0 Å². The second-order valence-electron chi connectivity index (χ2n) is 5.92. The standard InChI is InChI=1S/C14H26N2O3/c1-5-6-11-7-9-16(10-8-11)13(19)15(4)14(2,3)12(17)18/h11H,5-10H2,1-4H3,(H,17,18). The Bertz CT molecular complexity index is 334. The minimum Gasteiger partial charge on any atom is -0.480 e. The van der Waals surface area contributed by atoms with Crippen molar-refractivity contribution in [2.24, 2.45) is 5.92 Å². The highest BCUT2D eigenvalue weighted by molar-refractivity contribution is 5.85. The van der Waals surface area contributed by atoms with E-state index in [1.807, 2.05) is 0 Å². The summed E-state index contributed by atoms with van der Waals surface area (Å²) in [6.07, 6.45) is 4.46. The van der Waals surface area contributed by atoms with Crippen molar-refractivity contribution in [1.29, 1.82) is 0 Å². The minimum absolute atomic E-state index is 0.178. The Morgan fingerprint density at radius 2 is 1.84 bits per heavy atom. The lowest BCUT2D eigenvalue weighted by Crippen LogP contribution is -2.56. The number of hydrogen-bond acceptors (Lipinski definition) is 2. The Labute approximate surface area is 115 Å². The Morgan fingerprint density at radius 1 is 1.32 bits per heavy atom. The number of hydrogen-bond donors (Lipinski definition) is 1. The van der Waals surface area contributed by atoms with Gasteiger partial charge in [0.1, 0.15) is 5.54 Å². The summed E-state index contributed by atoms with van der Waals surface area (Å²) in [7, 11) is 1.56. The van der Waals surface area contributed by atoms with Crippen molar-refractivity contribution in [3.05, 3.63) is 0 Å². The molecular formula is C14H26N2O3. The first-order valence-corrected chi connectivity index (χ1v) is 7.06. The average Bonchev–Trinajstić information content (AvgIpc) is 2.38. The van der Waals surface area contributed by atoms with E-state index < -0.39 is 11.5 Å². The van der Waals surface area contributed by atoms with Gasteiger partial charge in [0, 0.05) is 20.1 Å². The molecule has 0 unspecified atom stereocenters. The summed E-state index contributed by atoms with van der Waals surface area (Å²) in [5.74, 6) is -0.268. The van der Waals surface area contributed by atoms with Gasteiger partial charge in [0.15, 0.2) is 0 Å². The van der Waals surface area contributed by atoms with E-state index >= 15 is 0 Å². The lowest BCUT2D eigenvalue weighted by Gasteiger charge is -2.39. The highest BCUT2D eigenvalue weighted by Crippen LogP contribution is 2.23. The predicted octanol–water partition coefficient (Wildman–Crippen LogP) is 2.41. The van der Waals surface area contributed by atoms with Crippen LogP contribution >= 0.6 is 0 Å². The van der Waals surface area contributed by atoms with Crippen LogP contribution in [0.15, 0.2) is 0 Å². The number of carboxylic acid groups (broad SMARTS) is 1. The van der Waals surface area contributed by atoms with Crippen molar-refractivity contribution in [2.45, 2.75) is 52.0 Å². The van der Waals surface area contributed by atoms with Gasteiger partial charge in [-0.1, -0.05) is 19.8 Å². The summed E-state index contributed by atoms with van der Waals surface area (Å²) in [6.45, 7) is 6.77. The topological polar surface area (TPSA) is 60.9 Å². The molecule has 0 aromatic heterocycles. The molecule has 1 saturated heterocycles. The number of rotatable bonds is 4. The molecule has 19 heavy (non-hydrogen) atoms. The lowest BCUT2D eigenvalue weighted by atomic mass is 9.92. The molecule has 0 bridgehead atoms. The zero-order valence-corrected chi connectivity index (χ0v) is 12.5. The highest BCUT2D eigenvalue weighted by Gasteiger charge is 2.37. The quantitative estimate of drug-likeness (QED) is 0.853. The van der Waals surface area contributed by atoms with Gasteiger partial charge in [-0.3, -0.25) is 0 Å². The maximum Gasteiger partial charge on any atom is 0.329 e. The number of carbonyl (C=O) groups is 2. The van der Waals surface area contributed by atoms with E-state index in [-0.39, 0.29) is 6.03 Å². The van der Waals surface area contributed by atoms with E-state index in [4.69, 9.17) is 5.11 Å². The first-order chi connectivity index (χ1) is 8.80. The fourth-order valence-electron chi connectivity index (χ4n) is 2.42. The molecule has 5 nitrogen and oxygen atoms in total. The maximum atomic E-state index is 12.3. The average molecular weight is 270 g/mol. The Kier molecular flexibility index (Phi) is 5.20. The van der Waals surface area contributed by atoms with E-state index in [1.165, 1.54) is 17.7 Å². The number of nitrogens with zero attached hydrogens (tertiary/aromatic N) is 2. The number of carboxylic acids is 1. The van der Waals surface area contributed by atoms with Gasteiger partial charge in [-0.15, -0.1) is 0 Å². The van der Waals surface area contributed by atoms with Crippen LogP contribution < -0.4 is 0 Å². The van der Waals surface area contributed by atoms with E-state index in [2.05, 4.69) is 6.92 Å². The van der Waals surface area contributed by atoms with Crippen molar-refractivity contribution in [2.75, 3.05) is 20.1 Å². The van der Waals surface area contributed by atoms with Crippen molar-refractivity contribution >= 4 is 12.0 Å². The van der Waals surface area contributed by atoms with Crippen LogP contribution in [0.3, 0.4) is 0 Å². The van der Waals surface area contributed by atoms with Gasteiger partial charge in [-0.25, -0.2) is 9.59 Å². The molecule has 0 aromatic rings. The predicted molar refractivity (Wildman–Crippen MR) is 74.1 cm³/mol. The van der Waals surface area contributed by atoms with Gasteiger partial charge in [0.05, 0.1) is 0 Å². The SMILES string of the molecule is CCCC1CCN(C(=O)N(C)C(C)(C)C(=O)O)CC1. The lowest BCUT2D eigenvalue weighted by molar-refractivity contribution is -0.147. The summed E-state index contributed by atoms with van der Waals surface area (Å²) in [5.41, 5.74) is -1.17. The molecule has 0 saturated carbocycles. The van der Waals surface area contributed by atoms with E-state index in [0.717, 1.165) is 25.9 Å². The second kappa shape index (κ2) is 6.26. The van der Waals surface area contributed by atoms with E-state index in [9.17, 15) is 9.59 Å². The third-order valence-electron chi connectivity index (χ3n) is 4.23. The third kappa shape index (κ3) is 3.61. The smallest absolute Gasteiger partial charge is 0.329 e. The van der Waals surface area contributed by atoms with Crippen molar-refractivity contribution in [3.63, 3.8) is 0 Å². The molecule has 0 aliphatic carbocycles. The van der Waals surface area contributed by atoms with E-state index in [1.54, 1.807) is 25.8 Å². The van der Waals surface area contributed by atoms with Crippen LogP contribution in [0.25, 0.3) is 0 Å². The molecule has 1 heterocycles. The Hall–Kier alpha value is -1.26. The van der Waals surface area contributed by atoms with Crippen molar-refractivity contribution in [1.82, 2.24) is 9.80 Å². The maximum absolute atomic E-state index is 12.3. The summed E-state index contributed by atoms with van der Waals surface area (Å²) in [5, 5.41) is 9.16. The zero-order valence-electron chi connectivity index (χ0n) is 12.5. The summed E-state index contributed by atoms with van der Waals surface area (Å²) in [6, 6.07) is -0.178. The van der Waals surface area contributed by atoms with Crippen LogP contribution in [0.1, 0.15) is 46.5 Å². The number of carbonyl (C=O) groups excluding carboxylic acids is 1. The summed E-state index contributed by atoms with van der Waals surface area (Å²) >= 11 is 0. The fraction of sp³-hybridized carbons (Fsp3) is 0.857. The molecular weight excluding hydrogens is 244 g/mol. The molecule has 2 amide bonds. The van der Waals surface area contributed by atoms with Crippen LogP contribution in [-0.2, 0) is 4.79 Å². The molecule has 0 spiro atoms. The molecule has 0 atom stereocenters. The molecule has 1 rings (SSSR count). The second-order valence-corrected chi connectivity index (χ2v) is 5.92. The Morgan fingerprint density at radius 3 is 2.26 bits per heavy atom. The fourth-order valence-corrected chi connectivity index (χ4v) is 2.42. The minimum atomic E-state index is -1.17. The van der Waals surface area contributed by atoms with Crippen molar-refractivity contribution < 1.29 is 14.7 Å². The Balaban J connectivity index is 2.58. The number of piperidine rings is 1.